The Labute approximate surface area is 180 Å². The van der Waals surface area contributed by atoms with Crippen LogP contribution in [0.5, 0.6) is 5.75 Å². The Morgan fingerprint density at radius 2 is 1.58 bits per heavy atom. The van der Waals surface area contributed by atoms with Crippen LogP contribution in [-0.4, -0.2) is 27.8 Å². The molecule has 0 atom stereocenters. The summed E-state index contributed by atoms with van der Waals surface area (Å²) in [5.41, 5.74) is 2.00. The summed E-state index contributed by atoms with van der Waals surface area (Å²) in [4.78, 5) is 0. The highest BCUT2D eigenvalue weighted by Gasteiger charge is 2.42. The van der Waals surface area contributed by atoms with E-state index in [9.17, 15) is 26.3 Å². The van der Waals surface area contributed by atoms with Crippen LogP contribution in [0.2, 0.25) is 18.1 Å². The van der Waals surface area contributed by atoms with Crippen molar-refractivity contribution >= 4 is 8.80 Å². The molecule has 0 amide bonds. The molecule has 0 radical (unpaired) electrons. The molecule has 0 saturated carbocycles. The molecule has 0 unspecified atom stereocenters. The van der Waals surface area contributed by atoms with Crippen molar-refractivity contribution in [3.63, 3.8) is 0 Å². The molecule has 0 aliphatic carbocycles. The van der Waals surface area contributed by atoms with Crippen molar-refractivity contribution in [1.29, 1.82) is 0 Å². The molecular formula is C23H26F6OSi. The molecule has 3 rings (SSSR count). The highest BCUT2D eigenvalue weighted by molar-refractivity contribution is 6.59. The number of ether oxygens (including phenoxy) is 1. The molecule has 2 aromatic rings. The van der Waals surface area contributed by atoms with Crippen molar-refractivity contribution in [2.75, 3.05) is 6.61 Å². The predicted molar refractivity (Wildman–Crippen MR) is 112 cm³/mol. The van der Waals surface area contributed by atoms with E-state index in [-0.39, 0.29) is 5.56 Å². The Morgan fingerprint density at radius 3 is 2.10 bits per heavy atom. The molecule has 8 heteroatoms. The molecule has 170 valence electrons. The Morgan fingerprint density at radius 1 is 1.00 bits per heavy atom. The molecule has 0 spiro atoms. The number of alkyl halides is 4. The van der Waals surface area contributed by atoms with Crippen molar-refractivity contribution in [2.24, 2.45) is 0 Å². The van der Waals surface area contributed by atoms with Gasteiger partial charge in [-0.05, 0) is 47.6 Å². The van der Waals surface area contributed by atoms with Crippen LogP contribution in [0.15, 0.2) is 36.4 Å². The second kappa shape index (κ2) is 10.1. The lowest BCUT2D eigenvalue weighted by Gasteiger charge is -2.27. The van der Waals surface area contributed by atoms with Crippen molar-refractivity contribution in [3.05, 3.63) is 53.6 Å². The Kier molecular flexibility index (Phi) is 7.72. The number of rotatable bonds is 8. The standard InChI is InChI=1S/C23H26F6OSi/c1-2-9-31-10-7-17(8-11-31)15-3-5-16(6-4-15)18-12-19(24)21(20(25)13-18)30-14-23(28,29)22(26)27/h3-6,12-13,17,22,31H,2,7-11,14H2,1H3/t17-,31-. The molecule has 2 aromatic carbocycles. The first-order valence-corrected chi connectivity index (χ1v) is 13.0. The molecule has 1 aliphatic rings. The lowest BCUT2D eigenvalue weighted by atomic mass is 9.92. The number of benzene rings is 2. The van der Waals surface area contributed by atoms with Gasteiger partial charge in [0.05, 0.1) is 0 Å². The zero-order chi connectivity index (χ0) is 22.6. The van der Waals surface area contributed by atoms with E-state index in [1.807, 2.05) is 12.1 Å². The van der Waals surface area contributed by atoms with Crippen LogP contribution in [-0.2, 0) is 0 Å². The van der Waals surface area contributed by atoms with Gasteiger partial charge in [-0.2, -0.15) is 8.78 Å². The monoisotopic (exact) mass is 460 g/mol. The van der Waals surface area contributed by atoms with Crippen LogP contribution in [0.25, 0.3) is 11.1 Å². The van der Waals surface area contributed by atoms with Gasteiger partial charge in [0.25, 0.3) is 0 Å². The van der Waals surface area contributed by atoms with E-state index >= 15 is 0 Å². The first kappa shape index (κ1) is 23.7. The third-order valence-electron chi connectivity index (χ3n) is 5.99. The molecule has 1 fully saturated rings. The van der Waals surface area contributed by atoms with Crippen LogP contribution < -0.4 is 4.74 Å². The van der Waals surface area contributed by atoms with Crippen molar-refractivity contribution in [3.8, 4) is 16.9 Å². The second-order valence-electron chi connectivity index (χ2n) is 8.25. The Bertz CT molecular complexity index is 840. The van der Waals surface area contributed by atoms with E-state index in [1.165, 1.54) is 43.0 Å². The van der Waals surface area contributed by atoms with E-state index in [4.69, 9.17) is 0 Å². The van der Waals surface area contributed by atoms with Gasteiger partial charge in [-0.1, -0.05) is 55.7 Å². The van der Waals surface area contributed by atoms with Crippen LogP contribution in [0.1, 0.15) is 37.7 Å². The van der Waals surface area contributed by atoms with Gasteiger partial charge in [-0.25, -0.2) is 17.6 Å². The summed E-state index contributed by atoms with van der Waals surface area (Å²) in [6, 6.07) is 13.5. The summed E-state index contributed by atoms with van der Waals surface area (Å²) in [6.07, 6.45) is -0.341. The highest BCUT2D eigenvalue weighted by Crippen LogP contribution is 2.36. The number of hydrogen-bond acceptors (Lipinski definition) is 1. The molecule has 0 aromatic heterocycles. The van der Waals surface area contributed by atoms with Crippen molar-refractivity contribution in [1.82, 2.24) is 0 Å². The van der Waals surface area contributed by atoms with Gasteiger partial charge in [0.1, 0.15) is 0 Å². The predicted octanol–water partition coefficient (Wildman–Crippen LogP) is 7.43. The van der Waals surface area contributed by atoms with Crippen LogP contribution in [0.4, 0.5) is 26.3 Å². The molecule has 0 N–H and O–H groups in total. The van der Waals surface area contributed by atoms with Gasteiger partial charge in [0.2, 0.25) is 0 Å². The topological polar surface area (TPSA) is 9.23 Å². The fourth-order valence-corrected chi connectivity index (χ4v) is 7.67. The van der Waals surface area contributed by atoms with E-state index < -0.39 is 45.1 Å². The first-order chi connectivity index (χ1) is 14.7. The molecule has 0 bridgehead atoms. The largest absolute Gasteiger partial charge is 0.481 e. The van der Waals surface area contributed by atoms with Gasteiger partial charge in [0, 0.05) is 8.80 Å². The minimum Gasteiger partial charge on any atom is -0.481 e. The quantitative estimate of drug-likeness (QED) is 0.294. The van der Waals surface area contributed by atoms with Crippen molar-refractivity contribution < 1.29 is 31.1 Å². The van der Waals surface area contributed by atoms with Crippen LogP contribution in [0.3, 0.4) is 0 Å². The molecule has 1 aliphatic heterocycles. The Hall–Kier alpha value is -1.96. The summed E-state index contributed by atoms with van der Waals surface area (Å²) >= 11 is 0. The minimum absolute atomic E-state index is 0.216. The highest BCUT2D eigenvalue weighted by atomic mass is 28.3. The van der Waals surface area contributed by atoms with E-state index in [0.29, 0.717) is 11.5 Å². The summed E-state index contributed by atoms with van der Waals surface area (Å²) in [6.45, 7) is 0.427. The van der Waals surface area contributed by atoms with Gasteiger partial charge >= 0.3 is 12.3 Å². The minimum atomic E-state index is -4.49. The zero-order valence-electron chi connectivity index (χ0n) is 17.3. The molecule has 1 heterocycles. The second-order valence-corrected chi connectivity index (χ2v) is 11.7. The molecule has 1 saturated heterocycles. The SMILES string of the molecule is CCC[Si@H]1CC[C@H](c2ccc(-c3cc(F)c(OCC(F)(F)C(F)F)c(F)c3)cc2)CC1. The summed E-state index contributed by atoms with van der Waals surface area (Å²) in [5.74, 6) is -7.51. The fourth-order valence-electron chi connectivity index (χ4n) is 4.24. The van der Waals surface area contributed by atoms with E-state index in [0.717, 1.165) is 12.1 Å². The van der Waals surface area contributed by atoms with E-state index in [1.54, 1.807) is 12.1 Å². The number of hydrogen-bond donors (Lipinski definition) is 0. The lowest BCUT2D eigenvalue weighted by molar-refractivity contribution is -0.148. The van der Waals surface area contributed by atoms with Gasteiger partial charge in [-0.15, -0.1) is 0 Å². The van der Waals surface area contributed by atoms with Crippen LogP contribution >= 0.6 is 0 Å². The summed E-state index contributed by atoms with van der Waals surface area (Å²) < 4.78 is 83.2. The smallest absolute Gasteiger partial charge is 0.340 e. The first-order valence-electron chi connectivity index (χ1n) is 10.6. The third kappa shape index (κ3) is 5.84. The molecule has 31 heavy (non-hydrogen) atoms. The average Bonchev–Trinajstić information content (AvgIpc) is 2.74. The van der Waals surface area contributed by atoms with Crippen molar-refractivity contribution in [2.45, 2.75) is 62.6 Å². The third-order valence-corrected chi connectivity index (χ3v) is 9.68. The average molecular weight is 461 g/mol. The molecule has 1 nitrogen and oxygen atoms in total. The van der Waals surface area contributed by atoms with Crippen LogP contribution in [0, 0.1) is 11.6 Å². The maximum Gasteiger partial charge on any atom is 0.340 e. The van der Waals surface area contributed by atoms with Gasteiger partial charge in [-0.3, -0.25) is 0 Å². The van der Waals surface area contributed by atoms with Gasteiger partial charge in [0.15, 0.2) is 24.0 Å². The maximum absolute atomic E-state index is 14.2. The fraction of sp³-hybridized carbons (Fsp3) is 0.478. The summed E-state index contributed by atoms with van der Waals surface area (Å²) in [5, 5.41) is 0. The van der Waals surface area contributed by atoms with Gasteiger partial charge < -0.3 is 4.74 Å². The Balaban J connectivity index is 1.69. The van der Waals surface area contributed by atoms with E-state index in [2.05, 4.69) is 11.7 Å². The lowest BCUT2D eigenvalue weighted by Crippen LogP contribution is -2.34. The summed E-state index contributed by atoms with van der Waals surface area (Å²) in [7, 11) is -0.570. The normalized spacial score (nSPS) is 19.6. The molecular weight excluding hydrogens is 434 g/mol. The number of halogens is 6. The maximum atomic E-state index is 14.2. The zero-order valence-corrected chi connectivity index (χ0v) is 18.5.